The maximum absolute atomic E-state index is 10.7. The van der Waals surface area contributed by atoms with Gasteiger partial charge in [0.15, 0.2) is 11.1 Å². The quantitative estimate of drug-likeness (QED) is 0.491. The van der Waals surface area contributed by atoms with Crippen LogP contribution in [-0.2, 0) is 15.3 Å². The second-order valence-corrected chi connectivity index (χ2v) is 3.73. The number of hydrogen-bond acceptors (Lipinski definition) is 2. The summed E-state index contributed by atoms with van der Waals surface area (Å²) in [6, 6.07) is 0. The van der Waals surface area contributed by atoms with Gasteiger partial charge in [-0.3, -0.25) is 4.18 Å². The Kier molecular flexibility index (Phi) is 1.68. The van der Waals surface area contributed by atoms with Gasteiger partial charge < -0.3 is 0 Å². The Labute approximate surface area is 51.9 Å². The van der Waals surface area contributed by atoms with Crippen LogP contribution in [0.5, 0.6) is 0 Å². The van der Waals surface area contributed by atoms with Crippen molar-refractivity contribution in [2.45, 2.75) is 31.6 Å². The first-order valence-electron chi connectivity index (χ1n) is 2.78. The molecule has 0 N–H and O–H groups in total. The third-order valence-electron chi connectivity index (χ3n) is 1.25. The molecule has 0 bridgehead atoms. The molecular formula is C5H10O2S. The van der Waals surface area contributed by atoms with Gasteiger partial charge >= 0.3 is 0 Å². The lowest BCUT2D eigenvalue weighted by molar-refractivity contribution is 0.271. The highest BCUT2D eigenvalue weighted by Gasteiger charge is 2.25. The van der Waals surface area contributed by atoms with Crippen LogP contribution in [0, 0.1) is 0 Å². The fourth-order valence-corrected chi connectivity index (χ4v) is 1.86. The average molecular weight is 134 g/mol. The average Bonchev–Trinajstić information content (AvgIpc) is 1.85. The summed E-state index contributed by atoms with van der Waals surface area (Å²) in [5.41, 5.74) is 0. The van der Waals surface area contributed by atoms with Crippen LogP contribution in [0.15, 0.2) is 0 Å². The zero-order valence-corrected chi connectivity index (χ0v) is 5.90. The van der Waals surface area contributed by atoms with Crippen LogP contribution in [0.1, 0.15) is 20.3 Å². The van der Waals surface area contributed by atoms with Crippen LogP contribution in [-0.4, -0.2) is 15.6 Å². The first kappa shape index (κ1) is 6.23. The van der Waals surface area contributed by atoms with Gasteiger partial charge in [-0.25, -0.2) is 4.21 Å². The molecule has 1 aliphatic heterocycles. The summed E-state index contributed by atoms with van der Waals surface area (Å²) in [4.78, 5) is 0. The Bertz CT molecular complexity index is 113. The van der Waals surface area contributed by atoms with Crippen molar-refractivity contribution >= 4 is 11.1 Å². The van der Waals surface area contributed by atoms with Gasteiger partial charge in [-0.05, 0) is 20.3 Å². The molecule has 48 valence electrons. The predicted molar refractivity (Wildman–Crippen MR) is 32.8 cm³/mol. The second-order valence-electron chi connectivity index (χ2n) is 2.21. The molecule has 1 fully saturated rings. The van der Waals surface area contributed by atoms with Crippen molar-refractivity contribution < 1.29 is 8.39 Å². The van der Waals surface area contributed by atoms with Gasteiger partial charge in [0.2, 0.25) is 0 Å². The Morgan fingerprint density at radius 3 is 2.38 bits per heavy atom. The molecule has 0 amide bonds. The molecule has 0 aromatic carbocycles. The maximum atomic E-state index is 10.7. The van der Waals surface area contributed by atoms with E-state index in [-0.39, 0.29) is 11.4 Å². The van der Waals surface area contributed by atoms with E-state index < -0.39 is 11.1 Å². The van der Waals surface area contributed by atoms with Gasteiger partial charge in [-0.2, -0.15) is 0 Å². The van der Waals surface area contributed by atoms with Crippen LogP contribution < -0.4 is 0 Å². The lowest BCUT2D eigenvalue weighted by Gasteiger charge is -1.92. The zero-order chi connectivity index (χ0) is 6.15. The molecule has 3 unspecified atom stereocenters. The van der Waals surface area contributed by atoms with Crippen LogP contribution in [0.3, 0.4) is 0 Å². The van der Waals surface area contributed by atoms with Crippen molar-refractivity contribution in [3.63, 3.8) is 0 Å². The minimum atomic E-state index is -0.998. The molecule has 0 saturated carbocycles. The minimum absolute atomic E-state index is 0.200. The van der Waals surface area contributed by atoms with Gasteiger partial charge in [0, 0.05) is 0 Å². The summed E-state index contributed by atoms with van der Waals surface area (Å²) in [6.07, 6.45) is 1.14. The highest BCUT2D eigenvalue weighted by molar-refractivity contribution is 7.81. The van der Waals surface area contributed by atoms with Crippen LogP contribution in [0.4, 0.5) is 0 Å². The first-order chi connectivity index (χ1) is 3.70. The van der Waals surface area contributed by atoms with Gasteiger partial charge in [-0.15, -0.1) is 0 Å². The zero-order valence-electron chi connectivity index (χ0n) is 5.09. The fraction of sp³-hybridized carbons (Fsp3) is 1.00. The van der Waals surface area contributed by atoms with E-state index in [4.69, 9.17) is 4.18 Å². The smallest absolute Gasteiger partial charge is 0.158 e. The monoisotopic (exact) mass is 134 g/mol. The summed E-state index contributed by atoms with van der Waals surface area (Å²) in [6.45, 7) is 3.89. The van der Waals surface area contributed by atoms with Crippen molar-refractivity contribution in [3.8, 4) is 0 Å². The van der Waals surface area contributed by atoms with E-state index in [0.717, 1.165) is 6.42 Å². The molecular weight excluding hydrogens is 124 g/mol. The molecule has 1 rings (SSSR count). The van der Waals surface area contributed by atoms with Crippen molar-refractivity contribution in [2.24, 2.45) is 0 Å². The molecule has 0 aliphatic carbocycles. The van der Waals surface area contributed by atoms with E-state index in [9.17, 15) is 4.21 Å². The predicted octanol–water partition coefficient (Wildman–Crippen LogP) is 0.847. The normalized spacial score (nSPS) is 47.5. The van der Waals surface area contributed by atoms with E-state index in [1.54, 1.807) is 0 Å². The highest BCUT2D eigenvalue weighted by atomic mass is 32.2. The van der Waals surface area contributed by atoms with Gasteiger partial charge in [-0.1, -0.05) is 0 Å². The molecule has 3 atom stereocenters. The van der Waals surface area contributed by atoms with E-state index >= 15 is 0 Å². The van der Waals surface area contributed by atoms with Crippen molar-refractivity contribution in [1.82, 2.24) is 0 Å². The maximum Gasteiger partial charge on any atom is 0.158 e. The molecule has 2 nitrogen and oxygen atoms in total. The van der Waals surface area contributed by atoms with E-state index in [1.807, 2.05) is 13.8 Å². The topological polar surface area (TPSA) is 26.3 Å². The Balaban J connectivity index is 2.51. The van der Waals surface area contributed by atoms with E-state index in [2.05, 4.69) is 0 Å². The summed E-state index contributed by atoms with van der Waals surface area (Å²) in [5.74, 6) is 0. The standard InChI is InChI=1S/C5H10O2S/c1-4-3-5(2)8(6)7-4/h4-5H,3H2,1-2H3. The molecule has 8 heavy (non-hydrogen) atoms. The molecule has 0 radical (unpaired) electrons. The SMILES string of the molecule is CC1CC(C)S(=O)O1. The Morgan fingerprint density at radius 2 is 2.25 bits per heavy atom. The largest absolute Gasteiger partial charge is 0.287 e. The van der Waals surface area contributed by atoms with Crippen LogP contribution >= 0.6 is 0 Å². The Morgan fingerprint density at radius 1 is 1.62 bits per heavy atom. The first-order valence-corrected chi connectivity index (χ1v) is 3.91. The van der Waals surface area contributed by atoms with Gasteiger partial charge in [0.1, 0.15) is 0 Å². The number of hydrogen-bond donors (Lipinski definition) is 0. The lowest BCUT2D eigenvalue weighted by Crippen LogP contribution is -2.00. The summed E-state index contributed by atoms with van der Waals surface area (Å²) in [7, 11) is 0. The second kappa shape index (κ2) is 2.15. The summed E-state index contributed by atoms with van der Waals surface area (Å²) < 4.78 is 15.6. The molecule has 0 spiro atoms. The van der Waals surface area contributed by atoms with Gasteiger partial charge in [0.25, 0.3) is 0 Å². The lowest BCUT2D eigenvalue weighted by atomic mass is 10.2. The van der Waals surface area contributed by atoms with E-state index in [0.29, 0.717) is 0 Å². The minimum Gasteiger partial charge on any atom is -0.287 e. The van der Waals surface area contributed by atoms with Crippen molar-refractivity contribution in [3.05, 3.63) is 0 Å². The Hall–Kier alpha value is 0.110. The van der Waals surface area contributed by atoms with E-state index in [1.165, 1.54) is 0 Å². The third kappa shape index (κ3) is 1.09. The highest BCUT2D eigenvalue weighted by Crippen LogP contribution is 2.18. The molecule has 0 aromatic rings. The van der Waals surface area contributed by atoms with Crippen molar-refractivity contribution in [1.29, 1.82) is 0 Å². The van der Waals surface area contributed by atoms with Crippen molar-refractivity contribution in [2.75, 3.05) is 0 Å². The van der Waals surface area contributed by atoms with Crippen LogP contribution in [0.2, 0.25) is 0 Å². The number of rotatable bonds is 0. The molecule has 3 heteroatoms. The molecule has 1 heterocycles. The van der Waals surface area contributed by atoms with Gasteiger partial charge in [0.05, 0.1) is 11.4 Å². The third-order valence-corrected chi connectivity index (χ3v) is 2.62. The molecule has 1 saturated heterocycles. The molecule has 0 aromatic heterocycles. The fourth-order valence-electron chi connectivity index (χ4n) is 0.842. The molecule has 1 aliphatic rings. The van der Waals surface area contributed by atoms with Crippen LogP contribution in [0.25, 0.3) is 0 Å². The summed E-state index contributed by atoms with van der Waals surface area (Å²) in [5, 5.41) is 0.241. The summed E-state index contributed by atoms with van der Waals surface area (Å²) >= 11 is -0.998.